The topological polar surface area (TPSA) is 76.9 Å². The molecule has 0 aliphatic rings. The maximum atomic E-state index is 9.00. The van der Waals surface area contributed by atoms with E-state index in [0.29, 0.717) is 18.7 Å². The summed E-state index contributed by atoms with van der Waals surface area (Å²) in [4.78, 5) is 0. The van der Waals surface area contributed by atoms with Gasteiger partial charge in [0, 0.05) is 23.4 Å². The highest BCUT2D eigenvalue weighted by molar-refractivity contribution is 5.42. The molecule has 20 heavy (non-hydrogen) atoms. The fourth-order valence-electron chi connectivity index (χ4n) is 2.32. The van der Waals surface area contributed by atoms with E-state index < -0.39 is 0 Å². The molecule has 2 rings (SSSR count). The standard InChI is InChI=1S/C15H18N4O/c1-10-14(8-17)11(2)19(18-10)9-13-6-12(7-16)4-5-15(13)20-3/h4-6H,8-9,17H2,1-3H3. The number of hydrogen-bond donors (Lipinski definition) is 1. The van der Waals surface area contributed by atoms with E-state index in [2.05, 4.69) is 11.2 Å². The highest BCUT2D eigenvalue weighted by Gasteiger charge is 2.12. The monoisotopic (exact) mass is 270 g/mol. The molecule has 1 aromatic heterocycles. The van der Waals surface area contributed by atoms with E-state index in [9.17, 15) is 0 Å². The summed E-state index contributed by atoms with van der Waals surface area (Å²) < 4.78 is 7.24. The average molecular weight is 270 g/mol. The molecule has 1 aromatic carbocycles. The van der Waals surface area contributed by atoms with Crippen LogP contribution >= 0.6 is 0 Å². The van der Waals surface area contributed by atoms with Crippen LogP contribution in [0.25, 0.3) is 0 Å². The van der Waals surface area contributed by atoms with Gasteiger partial charge in [-0.25, -0.2) is 0 Å². The molecule has 0 saturated heterocycles. The predicted octanol–water partition coefficient (Wildman–Crippen LogP) is 1.89. The van der Waals surface area contributed by atoms with Gasteiger partial charge in [0.25, 0.3) is 0 Å². The zero-order valence-electron chi connectivity index (χ0n) is 12.0. The molecule has 1 heterocycles. The van der Waals surface area contributed by atoms with Crippen molar-refractivity contribution in [1.82, 2.24) is 9.78 Å². The Bertz CT molecular complexity index is 667. The van der Waals surface area contributed by atoms with Crippen LogP contribution in [0.2, 0.25) is 0 Å². The maximum Gasteiger partial charge on any atom is 0.124 e. The molecule has 0 unspecified atom stereocenters. The van der Waals surface area contributed by atoms with Gasteiger partial charge in [0.05, 0.1) is 31.0 Å². The Morgan fingerprint density at radius 3 is 2.70 bits per heavy atom. The Morgan fingerprint density at radius 1 is 1.40 bits per heavy atom. The number of benzene rings is 1. The van der Waals surface area contributed by atoms with Crippen molar-refractivity contribution in [2.24, 2.45) is 5.73 Å². The number of ether oxygens (including phenoxy) is 1. The van der Waals surface area contributed by atoms with Gasteiger partial charge < -0.3 is 10.5 Å². The summed E-state index contributed by atoms with van der Waals surface area (Å²) in [5, 5.41) is 13.5. The van der Waals surface area contributed by atoms with Crippen LogP contribution in [-0.2, 0) is 13.1 Å². The van der Waals surface area contributed by atoms with Gasteiger partial charge in [-0.05, 0) is 32.0 Å². The fourth-order valence-corrected chi connectivity index (χ4v) is 2.32. The minimum atomic E-state index is 0.479. The van der Waals surface area contributed by atoms with Crippen molar-refractivity contribution in [1.29, 1.82) is 5.26 Å². The minimum Gasteiger partial charge on any atom is -0.496 e. The Hall–Kier alpha value is -2.32. The van der Waals surface area contributed by atoms with Crippen molar-refractivity contribution in [2.45, 2.75) is 26.9 Å². The molecule has 0 radical (unpaired) electrons. The number of hydrogen-bond acceptors (Lipinski definition) is 4. The van der Waals surface area contributed by atoms with E-state index in [1.54, 1.807) is 13.2 Å². The van der Waals surface area contributed by atoms with Crippen molar-refractivity contribution in [3.63, 3.8) is 0 Å². The Labute approximate surface area is 118 Å². The quantitative estimate of drug-likeness (QED) is 0.920. The molecule has 104 valence electrons. The SMILES string of the molecule is COc1ccc(C#N)cc1Cn1nc(C)c(CN)c1C. The van der Waals surface area contributed by atoms with Gasteiger partial charge in [-0.2, -0.15) is 10.4 Å². The number of methoxy groups -OCH3 is 1. The van der Waals surface area contributed by atoms with Crippen LogP contribution in [0.4, 0.5) is 0 Å². The molecule has 0 spiro atoms. The number of aromatic nitrogens is 2. The molecule has 0 fully saturated rings. The molecule has 0 saturated carbocycles. The van der Waals surface area contributed by atoms with Crippen LogP contribution in [0, 0.1) is 25.2 Å². The van der Waals surface area contributed by atoms with Crippen LogP contribution in [-0.4, -0.2) is 16.9 Å². The van der Waals surface area contributed by atoms with E-state index in [4.69, 9.17) is 15.7 Å². The molecule has 5 nitrogen and oxygen atoms in total. The van der Waals surface area contributed by atoms with E-state index in [1.807, 2.05) is 30.7 Å². The molecule has 0 aliphatic carbocycles. The van der Waals surface area contributed by atoms with E-state index in [1.165, 1.54) is 0 Å². The third kappa shape index (κ3) is 2.51. The highest BCUT2D eigenvalue weighted by Crippen LogP contribution is 2.22. The molecule has 5 heteroatoms. The number of nitriles is 1. The molecule has 2 N–H and O–H groups in total. The van der Waals surface area contributed by atoms with E-state index in [-0.39, 0.29) is 0 Å². The van der Waals surface area contributed by atoms with E-state index in [0.717, 1.165) is 28.3 Å². The van der Waals surface area contributed by atoms with Crippen molar-refractivity contribution in [3.05, 3.63) is 46.3 Å². The normalized spacial score (nSPS) is 10.3. The Balaban J connectivity index is 2.42. The van der Waals surface area contributed by atoms with Crippen LogP contribution < -0.4 is 10.5 Å². The Kier molecular flexibility index (Phi) is 4.06. The van der Waals surface area contributed by atoms with Gasteiger partial charge in [-0.1, -0.05) is 0 Å². The number of rotatable bonds is 4. The first-order valence-electron chi connectivity index (χ1n) is 6.40. The molecule has 0 aliphatic heterocycles. The van der Waals surface area contributed by atoms with Crippen molar-refractivity contribution in [2.75, 3.05) is 7.11 Å². The summed E-state index contributed by atoms with van der Waals surface area (Å²) in [7, 11) is 1.62. The van der Waals surface area contributed by atoms with Crippen molar-refractivity contribution in [3.8, 4) is 11.8 Å². The fraction of sp³-hybridized carbons (Fsp3) is 0.333. The van der Waals surface area contributed by atoms with Gasteiger partial charge in [0.2, 0.25) is 0 Å². The van der Waals surface area contributed by atoms with Crippen LogP contribution in [0.1, 0.15) is 28.1 Å². The van der Waals surface area contributed by atoms with E-state index >= 15 is 0 Å². The molecule has 0 amide bonds. The van der Waals surface area contributed by atoms with Crippen LogP contribution in [0.5, 0.6) is 5.75 Å². The second-order valence-electron chi connectivity index (χ2n) is 4.65. The minimum absolute atomic E-state index is 0.479. The number of nitrogens with zero attached hydrogens (tertiary/aromatic N) is 3. The molecular formula is C15H18N4O. The lowest BCUT2D eigenvalue weighted by Crippen LogP contribution is -2.07. The maximum absolute atomic E-state index is 9.00. The first kappa shape index (κ1) is 14.1. The highest BCUT2D eigenvalue weighted by atomic mass is 16.5. The summed E-state index contributed by atoms with van der Waals surface area (Å²) in [6, 6.07) is 7.53. The molecule has 2 aromatic rings. The summed E-state index contributed by atoms with van der Waals surface area (Å²) >= 11 is 0. The lowest BCUT2D eigenvalue weighted by Gasteiger charge is -2.10. The van der Waals surface area contributed by atoms with Gasteiger partial charge in [0.15, 0.2) is 0 Å². The zero-order chi connectivity index (χ0) is 14.7. The third-order valence-corrected chi connectivity index (χ3v) is 3.47. The first-order valence-corrected chi connectivity index (χ1v) is 6.40. The van der Waals surface area contributed by atoms with Crippen molar-refractivity contribution < 1.29 is 4.74 Å². The summed E-state index contributed by atoms with van der Waals surface area (Å²) in [6.07, 6.45) is 0. The molecule has 0 atom stereocenters. The zero-order valence-corrected chi connectivity index (χ0v) is 12.0. The number of aryl methyl sites for hydroxylation is 1. The lowest BCUT2D eigenvalue weighted by atomic mass is 10.1. The second kappa shape index (κ2) is 5.76. The smallest absolute Gasteiger partial charge is 0.124 e. The van der Waals surface area contributed by atoms with Crippen LogP contribution in [0.15, 0.2) is 18.2 Å². The second-order valence-corrected chi connectivity index (χ2v) is 4.65. The predicted molar refractivity (Wildman–Crippen MR) is 76.4 cm³/mol. The lowest BCUT2D eigenvalue weighted by molar-refractivity contribution is 0.407. The average Bonchev–Trinajstić information content (AvgIpc) is 2.72. The van der Waals surface area contributed by atoms with Crippen molar-refractivity contribution >= 4 is 0 Å². The third-order valence-electron chi connectivity index (χ3n) is 3.47. The Morgan fingerprint density at radius 2 is 2.15 bits per heavy atom. The summed E-state index contributed by atoms with van der Waals surface area (Å²) in [5.41, 5.74) is 10.3. The van der Waals surface area contributed by atoms with Gasteiger partial charge in [-0.3, -0.25) is 4.68 Å². The molecular weight excluding hydrogens is 252 g/mol. The number of nitrogens with two attached hydrogens (primary N) is 1. The summed E-state index contributed by atoms with van der Waals surface area (Å²) in [6.45, 7) is 5.00. The van der Waals surface area contributed by atoms with Crippen LogP contribution in [0.3, 0.4) is 0 Å². The van der Waals surface area contributed by atoms with Gasteiger partial charge in [-0.15, -0.1) is 0 Å². The first-order chi connectivity index (χ1) is 9.60. The van der Waals surface area contributed by atoms with Gasteiger partial charge in [0.1, 0.15) is 5.75 Å². The van der Waals surface area contributed by atoms with Gasteiger partial charge >= 0.3 is 0 Å². The largest absolute Gasteiger partial charge is 0.496 e. The summed E-state index contributed by atoms with van der Waals surface area (Å²) in [5.74, 6) is 0.755. The molecule has 0 bridgehead atoms.